The molecule has 0 amide bonds. The molecule has 0 saturated carbocycles. The maximum atomic E-state index is 11.7. The van der Waals surface area contributed by atoms with E-state index in [4.69, 9.17) is 10.6 Å². The van der Waals surface area contributed by atoms with Crippen molar-refractivity contribution in [3.63, 3.8) is 0 Å². The number of ether oxygens (including phenoxy) is 1. The summed E-state index contributed by atoms with van der Waals surface area (Å²) in [5.41, 5.74) is -1.78. The van der Waals surface area contributed by atoms with Gasteiger partial charge in [-0.05, 0) is 26.8 Å². The summed E-state index contributed by atoms with van der Waals surface area (Å²) in [5, 5.41) is 21.1. The van der Waals surface area contributed by atoms with E-state index in [2.05, 4.69) is 0 Å². The Balaban J connectivity index is 2.94. The Morgan fingerprint density at radius 1 is 1.39 bits per heavy atom. The Morgan fingerprint density at radius 2 is 2.00 bits per heavy atom. The Labute approximate surface area is 132 Å². The summed E-state index contributed by atoms with van der Waals surface area (Å²) in [5.74, 6) is 3.78. The van der Waals surface area contributed by atoms with E-state index in [1.807, 2.05) is 0 Å². The molecule has 0 aromatic heterocycles. The summed E-state index contributed by atoms with van der Waals surface area (Å²) < 4.78 is 5.12. The van der Waals surface area contributed by atoms with Crippen LogP contribution in [0.4, 0.5) is 11.4 Å². The van der Waals surface area contributed by atoms with Crippen molar-refractivity contribution in [2.24, 2.45) is 5.84 Å². The number of nitrogens with two attached hydrogens (primary N) is 1. The van der Waals surface area contributed by atoms with Crippen molar-refractivity contribution in [3.8, 4) is 0 Å². The number of aromatic carboxylic acids is 1. The number of benzene rings is 1. The molecule has 1 aromatic carbocycles. The fraction of sp³-hybridized carbons (Fsp3) is 0.429. The van der Waals surface area contributed by atoms with Crippen molar-refractivity contribution in [1.82, 2.24) is 0 Å². The lowest BCUT2D eigenvalue weighted by Gasteiger charge is -2.22. The normalized spacial score (nSPS) is 11.0. The summed E-state index contributed by atoms with van der Waals surface area (Å²) in [6.07, 6.45) is -0.0878. The summed E-state index contributed by atoms with van der Waals surface area (Å²) in [4.78, 5) is 33.1. The molecule has 0 saturated heterocycles. The van der Waals surface area contributed by atoms with Crippen LogP contribution in [0, 0.1) is 10.1 Å². The van der Waals surface area contributed by atoms with E-state index < -0.39 is 33.7 Å². The van der Waals surface area contributed by atoms with Gasteiger partial charge in [-0.2, -0.15) is 0 Å². The minimum Gasteiger partial charge on any atom is -0.477 e. The molecule has 0 spiro atoms. The van der Waals surface area contributed by atoms with E-state index in [9.17, 15) is 24.8 Å². The van der Waals surface area contributed by atoms with Crippen LogP contribution in [0.3, 0.4) is 0 Å². The molecule has 0 aliphatic rings. The van der Waals surface area contributed by atoms with Crippen molar-refractivity contribution >= 4 is 23.3 Å². The number of esters is 1. The number of carbonyl (C=O) groups is 2. The van der Waals surface area contributed by atoms with Gasteiger partial charge in [0.2, 0.25) is 0 Å². The van der Waals surface area contributed by atoms with Crippen LogP contribution in [0.25, 0.3) is 0 Å². The molecular weight excluding hydrogens is 306 g/mol. The van der Waals surface area contributed by atoms with Gasteiger partial charge < -0.3 is 14.9 Å². The number of hydrogen-bond acceptors (Lipinski definition) is 7. The molecule has 0 bridgehead atoms. The van der Waals surface area contributed by atoms with Crippen LogP contribution in [0.15, 0.2) is 18.2 Å². The van der Waals surface area contributed by atoms with Gasteiger partial charge in [0, 0.05) is 12.6 Å². The van der Waals surface area contributed by atoms with Crippen LogP contribution < -0.4 is 10.9 Å². The lowest BCUT2D eigenvalue weighted by molar-refractivity contribution is -0.385. The molecule has 0 aliphatic carbocycles. The van der Waals surface area contributed by atoms with Crippen LogP contribution in [0.5, 0.6) is 0 Å². The molecule has 3 N–H and O–H groups in total. The minimum absolute atomic E-state index is 0.0453. The highest BCUT2D eigenvalue weighted by molar-refractivity contribution is 5.99. The third kappa shape index (κ3) is 5.22. The van der Waals surface area contributed by atoms with E-state index in [0.717, 1.165) is 11.1 Å². The second kappa shape index (κ2) is 7.05. The highest BCUT2D eigenvalue weighted by Crippen LogP contribution is 2.28. The predicted molar refractivity (Wildman–Crippen MR) is 82.1 cm³/mol. The van der Waals surface area contributed by atoms with Crippen LogP contribution in [-0.2, 0) is 9.53 Å². The minimum atomic E-state index is -1.47. The predicted octanol–water partition coefficient (Wildman–Crippen LogP) is 1.70. The van der Waals surface area contributed by atoms with E-state index in [0.29, 0.717) is 0 Å². The van der Waals surface area contributed by atoms with E-state index in [-0.39, 0.29) is 18.7 Å². The molecule has 9 heteroatoms. The van der Waals surface area contributed by atoms with E-state index in [1.165, 1.54) is 12.1 Å². The average Bonchev–Trinajstić information content (AvgIpc) is 2.41. The molecule has 0 fully saturated rings. The number of hydrogen-bond donors (Lipinski definition) is 2. The first-order chi connectivity index (χ1) is 10.5. The Hall–Kier alpha value is -2.68. The monoisotopic (exact) mass is 325 g/mol. The number of rotatable bonds is 6. The number of anilines is 1. The van der Waals surface area contributed by atoms with Gasteiger partial charge in [0.1, 0.15) is 5.60 Å². The van der Waals surface area contributed by atoms with Gasteiger partial charge in [0.25, 0.3) is 5.69 Å². The quantitative estimate of drug-likeness (QED) is 0.349. The van der Waals surface area contributed by atoms with Crippen molar-refractivity contribution in [1.29, 1.82) is 0 Å². The van der Waals surface area contributed by atoms with Gasteiger partial charge in [-0.25, -0.2) is 10.6 Å². The lowest BCUT2D eigenvalue weighted by atomic mass is 10.1. The van der Waals surface area contributed by atoms with E-state index in [1.54, 1.807) is 20.8 Å². The fourth-order valence-corrected chi connectivity index (χ4v) is 1.86. The first-order valence-corrected chi connectivity index (χ1v) is 6.77. The highest BCUT2D eigenvalue weighted by Gasteiger charge is 2.26. The van der Waals surface area contributed by atoms with Crippen molar-refractivity contribution in [3.05, 3.63) is 33.9 Å². The third-order valence-corrected chi connectivity index (χ3v) is 2.72. The van der Waals surface area contributed by atoms with Crippen molar-refractivity contribution in [2.45, 2.75) is 32.8 Å². The van der Waals surface area contributed by atoms with Crippen LogP contribution in [-0.4, -0.2) is 34.1 Å². The standard InChI is InChI=1S/C14H19N3O6/c1-14(2,3)23-11(18)7-8-16(15)9-5-4-6-10(17(21)22)12(9)13(19)20/h4-6H,7-8,15H2,1-3H3,(H,19,20). The Kier molecular flexibility index (Phi) is 5.63. The highest BCUT2D eigenvalue weighted by atomic mass is 16.6. The summed E-state index contributed by atoms with van der Waals surface area (Å²) >= 11 is 0. The van der Waals surface area contributed by atoms with Crippen LogP contribution in [0.1, 0.15) is 37.6 Å². The van der Waals surface area contributed by atoms with Gasteiger partial charge in [-0.15, -0.1) is 0 Å². The molecule has 0 heterocycles. The maximum absolute atomic E-state index is 11.7. The van der Waals surface area contributed by atoms with E-state index >= 15 is 0 Å². The number of carboxylic acid groups (broad SMARTS) is 1. The molecule has 126 valence electrons. The number of hydrazine groups is 1. The molecule has 0 atom stereocenters. The number of nitrogens with zero attached hydrogens (tertiary/aromatic N) is 2. The van der Waals surface area contributed by atoms with Gasteiger partial charge >= 0.3 is 11.9 Å². The van der Waals surface area contributed by atoms with Crippen molar-refractivity contribution in [2.75, 3.05) is 11.6 Å². The molecule has 1 aromatic rings. The first-order valence-electron chi connectivity index (χ1n) is 6.77. The topological polar surface area (TPSA) is 136 Å². The zero-order valence-corrected chi connectivity index (χ0v) is 13.1. The second-order valence-corrected chi connectivity index (χ2v) is 5.76. The molecule has 1 rings (SSSR count). The maximum Gasteiger partial charge on any atom is 0.344 e. The smallest absolute Gasteiger partial charge is 0.344 e. The lowest BCUT2D eigenvalue weighted by Crippen LogP contribution is -2.35. The first kappa shape index (κ1) is 18.4. The van der Waals surface area contributed by atoms with Crippen LogP contribution >= 0.6 is 0 Å². The molecule has 0 radical (unpaired) electrons. The zero-order valence-electron chi connectivity index (χ0n) is 13.1. The summed E-state index contributed by atoms with van der Waals surface area (Å²) in [6, 6.07) is 3.74. The SMILES string of the molecule is CC(C)(C)OC(=O)CCN(N)c1cccc([N+](=O)[O-])c1C(=O)O. The van der Waals surface area contributed by atoms with Gasteiger partial charge in [-0.3, -0.25) is 14.9 Å². The molecule has 0 aliphatic heterocycles. The molecule has 0 unspecified atom stereocenters. The van der Waals surface area contributed by atoms with Gasteiger partial charge in [0.15, 0.2) is 5.56 Å². The Morgan fingerprint density at radius 3 is 2.48 bits per heavy atom. The van der Waals surface area contributed by atoms with Crippen LogP contribution in [0.2, 0.25) is 0 Å². The van der Waals surface area contributed by atoms with Gasteiger partial charge in [0.05, 0.1) is 17.0 Å². The number of carboxylic acids is 1. The molecular formula is C14H19N3O6. The zero-order chi connectivity index (χ0) is 17.8. The third-order valence-electron chi connectivity index (χ3n) is 2.72. The number of nitro groups is 1. The van der Waals surface area contributed by atoms with Crippen molar-refractivity contribution < 1.29 is 24.4 Å². The number of nitro benzene ring substituents is 1. The largest absolute Gasteiger partial charge is 0.477 e. The average molecular weight is 325 g/mol. The summed E-state index contributed by atoms with van der Waals surface area (Å²) in [7, 11) is 0. The number of carbonyl (C=O) groups excluding carboxylic acids is 1. The molecule has 9 nitrogen and oxygen atoms in total. The fourth-order valence-electron chi connectivity index (χ4n) is 1.86. The second-order valence-electron chi connectivity index (χ2n) is 5.76. The molecule has 23 heavy (non-hydrogen) atoms. The van der Waals surface area contributed by atoms with Gasteiger partial charge in [-0.1, -0.05) is 6.07 Å². The summed E-state index contributed by atoms with van der Waals surface area (Å²) in [6.45, 7) is 5.10. The Bertz CT molecular complexity index is 623.